The zero-order valence-electron chi connectivity index (χ0n) is 32.6. The van der Waals surface area contributed by atoms with Gasteiger partial charge in [0.05, 0.1) is 29.0 Å². The number of rotatable bonds is 7. The highest BCUT2D eigenvalue weighted by molar-refractivity contribution is 6.45. The summed E-state index contributed by atoms with van der Waals surface area (Å²) < 4.78 is 15.7. The molecule has 0 atom stereocenters. The summed E-state index contributed by atoms with van der Waals surface area (Å²) in [7, 11) is 2.27. The third-order valence-corrected chi connectivity index (χ3v) is 12.6. The van der Waals surface area contributed by atoms with E-state index < -0.39 is 0 Å². The molecular weight excluding hydrogens is 707 g/mol. The van der Waals surface area contributed by atoms with Gasteiger partial charge in [0.2, 0.25) is 0 Å². The highest BCUT2D eigenvalue weighted by Crippen LogP contribution is 2.52. The molecule has 0 bridgehead atoms. The fourth-order valence-electron chi connectivity index (χ4n) is 9.93. The molecule has 58 heavy (non-hydrogen) atoms. The largest absolute Gasteiger partial charge is 0.456 e. The van der Waals surface area contributed by atoms with Gasteiger partial charge < -0.3 is 18.3 Å². The van der Waals surface area contributed by atoms with Crippen molar-refractivity contribution in [2.45, 2.75) is 32.7 Å². The minimum atomic E-state index is 0.692. The zero-order valence-corrected chi connectivity index (χ0v) is 32.6. The molecule has 0 fully saturated rings. The van der Waals surface area contributed by atoms with Crippen LogP contribution in [0.5, 0.6) is 0 Å². The van der Waals surface area contributed by atoms with E-state index in [4.69, 9.17) is 8.83 Å². The van der Waals surface area contributed by atoms with Crippen molar-refractivity contribution in [2.75, 3.05) is 4.90 Å². The monoisotopic (exact) mass is 746 g/mol. The Kier molecular flexibility index (Phi) is 7.31. The van der Waals surface area contributed by atoms with Crippen LogP contribution in [-0.4, -0.2) is 12.4 Å². The van der Waals surface area contributed by atoms with Gasteiger partial charge in [-0.1, -0.05) is 122 Å². The van der Waals surface area contributed by atoms with Gasteiger partial charge >= 0.3 is 0 Å². The van der Waals surface area contributed by atoms with Crippen molar-refractivity contribution >= 4 is 96.1 Å². The quantitative estimate of drug-likeness (QED) is 0.152. The van der Waals surface area contributed by atoms with E-state index in [1.165, 1.54) is 60.8 Å². The van der Waals surface area contributed by atoms with Crippen molar-refractivity contribution in [3.63, 3.8) is 0 Å². The maximum absolute atomic E-state index is 6.67. The first-order valence-electron chi connectivity index (χ1n) is 20.5. The van der Waals surface area contributed by atoms with E-state index in [1.54, 1.807) is 0 Å². The Hall–Kier alpha value is -6.98. The van der Waals surface area contributed by atoms with Crippen LogP contribution in [0.25, 0.3) is 87.9 Å². The first kappa shape index (κ1) is 33.2. The number of unbranched alkanes of at least 4 members (excludes halogenated alkanes) is 1. The van der Waals surface area contributed by atoms with Gasteiger partial charge in [-0.2, -0.15) is 0 Å². The number of benzene rings is 8. The normalized spacial score (nSPS) is 12.4. The van der Waals surface area contributed by atoms with Gasteiger partial charge in [0, 0.05) is 49.3 Å². The van der Waals surface area contributed by atoms with Gasteiger partial charge in [0.1, 0.15) is 24.6 Å². The molecule has 8 aromatic carbocycles. The van der Waals surface area contributed by atoms with Crippen molar-refractivity contribution in [3.05, 3.63) is 169 Å². The number of nitrogens with zero attached hydrogens (tertiary/aromatic N) is 2. The summed E-state index contributed by atoms with van der Waals surface area (Å²) in [5, 5.41) is 7.00. The summed E-state index contributed by atoms with van der Waals surface area (Å²) in [4.78, 5) is 2.59. The predicted octanol–water partition coefficient (Wildman–Crippen LogP) is 13.4. The number of hydrogen-bond acceptors (Lipinski definition) is 3. The summed E-state index contributed by atoms with van der Waals surface area (Å²) in [6.07, 6.45) is 3.35. The highest BCUT2D eigenvalue weighted by atomic mass is 16.3. The van der Waals surface area contributed by atoms with Crippen LogP contribution in [0.2, 0.25) is 0 Å². The molecule has 11 aromatic rings. The molecule has 12 rings (SSSR count). The molecule has 0 spiro atoms. The molecular formula is C53H39BN2O2. The minimum absolute atomic E-state index is 0.692. The second kappa shape index (κ2) is 12.8. The molecule has 4 heterocycles. The van der Waals surface area contributed by atoms with Crippen LogP contribution in [0.15, 0.2) is 167 Å². The third kappa shape index (κ3) is 4.77. The Morgan fingerprint density at radius 1 is 0.586 bits per heavy atom. The van der Waals surface area contributed by atoms with Crippen molar-refractivity contribution in [1.82, 2.24) is 4.57 Å². The second-order valence-electron chi connectivity index (χ2n) is 15.9. The molecule has 0 amide bonds. The lowest BCUT2D eigenvalue weighted by molar-refractivity contribution is 0.669. The van der Waals surface area contributed by atoms with E-state index in [9.17, 15) is 0 Å². The molecule has 3 aromatic heterocycles. The Morgan fingerprint density at radius 2 is 1.31 bits per heavy atom. The summed E-state index contributed by atoms with van der Waals surface area (Å²) in [6, 6.07) is 57.5. The molecule has 0 N–H and O–H groups in total. The fraction of sp³-hybridized carbons (Fsp3) is 0.0943. The van der Waals surface area contributed by atoms with Gasteiger partial charge in [0.15, 0.2) is 5.58 Å². The lowest BCUT2D eigenvalue weighted by atomic mass is 9.85. The number of furan rings is 2. The predicted molar refractivity (Wildman–Crippen MR) is 245 cm³/mol. The summed E-state index contributed by atoms with van der Waals surface area (Å²) in [6.45, 7) is 2.96. The number of hydrogen-bond donors (Lipinski definition) is 0. The molecule has 5 heteroatoms. The van der Waals surface area contributed by atoms with E-state index in [0.717, 1.165) is 80.0 Å². The van der Waals surface area contributed by atoms with Gasteiger partial charge in [-0.05, 0) is 89.5 Å². The standard InChI is InChI=1S/C53H39BN2O2/c1-2-3-14-32-25-26-43(40(29-32)33-15-5-4-6-16-33)56(44-27-28-47-48(49(44)54)37-19-9-11-23-45(37)57-47)51-35-18-8-7-17-34(35)30-41-36-21-13-22-39-50(36)55(31-42(41)51)52-38-20-10-12-24-46(38)58-53(39)52/h4-13,15-30H,2-3,14,31,54H2,1H3. The van der Waals surface area contributed by atoms with E-state index in [1.807, 2.05) is 0 Å². The third-order valence-electron chi connectivity index (χ3n) is 12.6. The highest BCUT2D eigenvalue weighted by Gasteiger charge is 2.32. The molecule has 0 saturated heterocycles. The molecule has 276 valence electrons. The van der Waals surface area contributed by atoms with Crippen LogP contribution in [0.4, 0.5) is 17.1 Å². The van der Waals surface area contributed by atoms with Crippen molar-refractivity contribution in [1.29, 1.82) is 0 Å². The molecule has 0 unspecified atom stereocenters. The Morgan fingerprint density at radius 3 is 2.16 bits per heavy atom. The fourth-order valence-corrected chi connectivity index (χ4v) is 9.93. The Bertz CT molecular complexity index is 3440. The van der Waals surface area contributed by atoms with E-state index in [-0.39, 0.29) is 0 Å². The van der Waals surface area contributed by atoms with Crippen LogP contribution in [0.3, 0.4) is 0 Å². The average Bonchev–Trinajstić information content (AvgIpc) is 3.94. The minimum Gasteiger partial charge on any atom is -0.456 e. The molecule has 1 aliphatic heterocycles. The SMILES string of the molecule is Bc1c(N(c2ccc(CCCC)cc2-c2ccccc2)c2c3c(cc4ccccc24)-c2cccc4c5oc6ccccc6c5n(c24)C3)ccc2oc3ccccc3c12. The summed E-state index contributed by atoms with van der Waals surface area (Å²) in [5.74, 6) is 0. The molecule has 0 aliphatic carbocycles. The number of aromatic nitrogens is 1. The Balaban J connectivity index is 1.22. The first-order valence-corrected chi connectivity index (χ1v) is 20.5. The first-order chi connectivity index (χ1) is 28.7. The van der Waals surface area contributed by atoms with Crippen molar-refractivity contribution in [3.8, 4) is 22.3 Å². The van der Waals surface area contributed by atoms with Crippen molar-refractivity contribution < 1.29 is 8.83 Å². The number of para-hydroxylation sites is 3. The lowest BCUT2D eigenvalue weighted by Crippen LogP contribution is -2.23. The Labute approximate surface area is 336 Å². The maximum Gasteiger partial charge on any atom is 0.161 e. The van der Waals surface area contributed by atoms with Crippen LogP contribution < -0.4 is 10.4 Å². The van der Waals surface area contributed by atoms with Crippen LogP contribution in [-0.2, 0) is 13.0 Å². The maximum atomic E-state index is 6.67. The van der Waals surface area contributed by atoms with Crippen LogP contribution in [0.1, 0.15) is 30.9 Å². The summed E-state index contributed by atoms with van der Waals surface area (Å²) in [5.41, 5.74) is 18.3. The van der Waals surface area contributed by atoms with E-state index >= 15 is 0 Å². The number of fused-ring (bicyclic) bond motifs is 11. The van der Waals surface area contributed by atoms with E-state index in [0.29, 0.717) is 6.54 Å². The second-order valence-corrected chi connectivity index (χ2v) is 15.9. The summed E-state index contributed by atoms with van der Waals surface area (Å²) >= 11 is 0. The van der Waals surface area contributed by atoms with Gasteiger partial charge in [-0.15, -0.1) is 0 Å². The number of anilines is 3. The van der Waals surface area contributed by atoms with Crippen LogP contribution >= 0.6 is 0 Å². The van der Waals surface area contributed by atoms with Gasteiger partial charge in [-0.25, -0.2) is 0 Å². The number of aryl methyl sites for hydroxylation is 1. The van der Waals surface area contributed by atoms with Gasteiger partial charge in [0.25, 0.3) is 0 Å². The smallest absolute Gasteiger partial charge is 0.161 e. The lowest BCUT2D eigenvalue weighted by Gasteiger charge is -2.35. The van der Waals surface area contributed by atoms with Gasteiger partial charge in [-0.3, -0.25) is 0 Å². The van der Waals surface area contributed by atoms with Crippen molar-refractivity contribution in [2.24, 2.45) is 0 Å². The average molecular weight is 747 g/mol. The zero-order chi connectivity index (χ0) is 38.5. The topological polar surface area (TPSA) is 34.5 Å². The molecule has 0 radical (unpaired) electrons. The molecule has 1 aliphatic rings. The van der Waals surface area contributed by atoms with E-state index in [2.05, 4.69) is 182 Å². The molecule has 0 saturated carbocycles. The molecule has 4 nitrogen and oxygen atoms in total. The van der Waals surface area contributed by atoms with Crippen LogP contribution in [0, 0.1) is 0 Å².